The molecule has 0 amide bonds. The summed E-state index contributed by atoms with van der Waals surface area (Å²) in [6.07, 6.45) is 10.5. The predicted molar refractivity (Wildman–Crippen MR) is 97.4 cm³/mol. The van der Waals surface area contributed by atoms with E-state index in [2.05, 4.69) is 24.1 Å². The van der Waals surface area contributed by atoms with Crippen LogP contribution in [0.15, 0.2) is 60.3 Å². The number of phenols is 1. The van der Waals surface area contributed by atoms with Crippen molar-refractivity contribution in [2.24, 2.45) is 5.41 Å². The van der Waals surface area contributed by atoms with E-state index < -0.39 is 0 Å². The molecule has 1 spiro atoms. The van der Waals surface area contributed by atoms with E-state index in [0.29, 0.717) is 5.75 Å². The molecule has 3 nitrogen and oxygen atoms in total. The predicted octanol–water partition coefficient (Wildman–Crippen LogP) is 4.67. The van der Waals surface area contributed by atoms with E-state index in [9.17, 15) is 5.11 Å². The number of hydrogen-bond donors (Lipinski definition) is 1. The van der Waals surface area contributed by atoms with Crippen molar-refractivity contribution < 1.29 is 9.84 Å². The monoisotopic (exact) mass is 331 g/mol. The van der Waals surface area contributed by atoms with Gasteiger partial charge in [0.2, 0.25) is 0 Å². The summed E-state index contributed by atoms with van der Waals surface area (Å²) in [4.78, 5) is 4.53. The Morgan fingerprint density at radius 3 is 2.80 bits per heavy atom. The molecule has 1 N–H and O–H groups in total. The molecule has 1 aromatic heterocycles. The molecule has 0 fully saturated rings. The highest BCUT2D eigenvalue weighted by atomic mass is 16.5. The van der Waals surface area contributed by atoms with Crippen molar-refractivity contribution in [3.05, 3.63) is 71.6 Å². The van der Waals surface area contributed by atoms with E-state index in [-0.39, 0.29) is 11.0 Å². The first-order chi connectivity index (χ1) is 12.1. The molecule has 1 aliphatic heterocycles. The molecule has 0 saturated heterocycles. The van der Waals surface area contributed by atoms with Gasteiger partial charge < -0.3 is 9.84 Å². The second-order valence-electron chi connectivity index (χ2n) is 7.63. The second kappa shape index (κ2) is 4.98. The molecular weight excluding hydrogens is 310 g/mol. The highest BCUT2D eigenvalue weighted by Gasteiger charge is 2.58. The molecule has 1 aromatic carbocycles. The number of aromatic hydroxyl groups is 1. The number of allylic oxidation sites excluding steroid dienone is 2. The van der Waals surface area contributed by atoms with Gasteiger partial charge in [-0.05, 0) is 53.8 Å². The summed E-state index contributed by atoms with van der Waals surface area (Å²) >= 11 is 0. The Kier molecular flexibility index (Phi) is 2.94. The van der Waals surface area contributed by atoms with Gasteiger partial charge in [0.1, 0.15) is 17.1 Å². The molecule has 0 radical (unpaired) electrons. The lowest BCUT2D eigenvalue weighted by Gasteiger charge is -2.44. The smallest absolute Gasteiger partial charge is 0.141 e. The number of phenolic OH excluding ortho intramolecular Hbond substituents is 1. The Bertz CT molecular complexity index is 885. The van der Waals surface area contributed by atoms with Crippen LogP contribution in [0.3, 0.4) is 0 Å². The van der Waals surface area contributed by atoms with Crippen LogP contribution in [0.1, 0.15) is 37.4 Å². The summed E-state index contributed by atoms with van der Waals surface area (Å²) < 4.78 is 6.51. The lowest BCUT2D eigenvalue weighted by molar-refractivity contribution is -0.00193. The quantitative estimate of drug-likeness (QED) is 0.825. The molecule has 3 aliphatic rings. The standard InChI is InChI=1S/C22H21NO2/c1-21-10-8-16(15-4-6-18(24)7-5-15)13-17(21)9-11-22(21)14-19-20(25-22)3-2-12-23-19/h2-7,9,12-13,24H,8,10-11,14H2,1H3. The zero-order valence-corrected chi connectivity index (χ0v) is 14.3. The third-order valence-corrected chi connectivity index (χ3v) is 6.36. The molecule has 2 heterocycles. The van der Waals surface area contributed by atoms with Gasteiger partial charge in [-0.1, -0.05) is 31.2 Å². The molecule has 2 aliphatic carbocycles. The van der Waals surface area contributed by atoms with E-state index in [4.69, 9.17) is 4.74 Å². The normalized spacial score (nSPS) is 29.6. The molecular formula is C22H21NO2. The maximum Gasteiger partial charge on any atom is 0.141 e. The fourth-order valence-corrected chi connectivity index (χ4v) is 4.71. The Labute approximate surface area is 147 Å². The van der Waals surface area contributed by atoms with Crippen LogP contribution in [-0.2, 0) is 6.42 Å². The van der Waals surface area contributed by atoms with Gasteiger partial charge in [-0.3, -0.25) is 4.98 Å². The molecule has 2 aromatic rings. The zero-order valence-electron chi connectivity index (χ0n) is 14.3. The Hall–Kier alpha value is -2.55. The molecule has 2 unspecified atom stereocenters. The average molecular weight is 331 g/mol. The number of aromatic nitrogens is 1. The van der Waals surface area contributed by atoms with Gasteiger partial charge in [-0.25, -0.2) is 0 Å². The minimum Gasteiger partial charge on any atom is -0.508 e. The fourth-order valence-electron chi connectivity index (χ4n) is 4.71. The summed E-state index contributed by atoms with van der Waals surface area (Å²) in [6, 6.07) is 11.5. The van der Waals surface area contributed by atoms with E-state index in [0.717, 1.165) is 37.1 Å². The van der Waals surface area contributed by atoms with Crippen molar-refractivity contribution in [3.63, 3.8) is 0 Å². The second-order valence-corrected chi connectivity index (χ2v) is 7.63. The van der Waals surface area contributed by atoms with Crippen molar-refractivity contribution in [1.29, 1.82) is 0 Å². The van der Waals surface area contributed by atoms with Gasteiger partial charge in [0.15, 0.2) is 0 Å². The number of fused-ring (bicyclic) bond motifs is 3. The Balaban J connectivity index is 1.49. The number of pyridine rings is 1. The van der Waals surface area contributed by atoms with Gasteiger partial charge in [0.05, 0.1) is 5.69 Å². The van der Waals surface area contributed by atoms with E-state index >= 15 is 0 Å². The van der Waals surface area contributed by atoms with E-state index in [1.807, 2.05) is 30.5 Å². The van der Waals surface area contributed by atoms with Crippen LogP contribution in [0, 0.1) is 5.41 Å². The minimum absolute atomic E-state index is 0.0219. The van der Waals surface area contributed by atoms with Crippen molar-refractivity contribution in [2.75, 3.05) is 0 Å². The SMILES string of the molecule is CC12CCC(c3ccc(O)cc3)=CC1=CCC21Cc2ncccc2O1. The van der Waals surface area contributed by atoms with Crippen LogP contribution in [0.25, 0.3) is 5.57 Å². The molecule has 126 valence electrons. The molecule has 0 saturated carbocycles. The lowest BCUT2D eigenvalue weighted by atomic mass is 9.64. The van der Waals surface area contributed by atoms with Gasteiger partial charge in [0, 0.05) is 24.5 Å². The maximum atomic E-state index is 9.52. The largest absolute Gasteiger partial charge is 0.508 e. The van der Waals surface area contributed by atoms with Gasteiger partial charge in [-0.15, -0.1) is 0 Å². The summed E-state index contributed by atoms with van der Waals surface area (Å²) in [5.74, 6) is 1.26. The summed E-state index contributed by atoms with van der Waals surface area (Å²) in [5.41, 5.74) is 4.85. The van der Waals surface area contributed by atoms with Crippen LogP contribution < -0.4 is 4.74 Å². The number of hydrogen-bond acceptors (Lipinski definition) is 3. The van der Waals surface area contributed by atoms with Crippen molar-refractivity contribution in [1.82, 2.24) is 4.98 Å². The first-order valence-electron chi connectivity index (χ1n) is 8.93. The first-order valence-corrected chi connectivity index (χ1v) is 8.93. The lowest BCUT2D eigenvalue weighted by Crippen LogP contribution is -2.48. The highest BCUT2D eigenvalue weighted by Crippen LogP contribution is 2.59. The molecule has 25 heavy (non-hydrogen) atoms. The van der Waals surface area contributed by atoms with E-state index in [1.54, 1.807) is 12.1 Å². The fraction of sp³-hybridized carbons (Fsp3) is 0.318. The van der Waals surface area contributed by atoms with Crippen LogP contribution >= 0.6 is 0 Å². The first kappa shape index (κ1) is 14.8. The number of benzene rings is 1. The third kappa shape index (κ3) is 2.02. The van der Waals surface area contributed by atoms with Crippen LogP contribution in [0.2, 0.25) is 0 Å². The molecule has 3 heteroatoms. The van der Waals surface area contributed by atoms with Gasteiger partial charge in [-0.2, -0.15) is 0 Å². The number of nitrogens with zero attached hydrogens (tertiary/aromatic N) is 1. The Morgan fingerprint density at radius 2 is 2.00 bits per heavy atom. The zero-order chi connectivity index (χ0) is 17.1. The Morgan fingerprint density at radius 1 is 1.16 bits per heavy atom. The highest BCUT2D eigenvalue weighted by molar-refractivity contribution is 5.71. The topological polar surface area (TPSA) is 42.4 Å². The molecule has 0 bridgehead atoms. The minimum atomic E-state index is -0.185. The van der Waals surface area contributed by atoms with Crippen molar-refractivity contribution in [2.45, 2.75) is 38.2 Å². The van der Waals surface area contributed by atoms with Crippen LogP contribution in [0.4, 0.5) is 0 Å². The van der Waals surface area contributed by atoms with Crippen molar-refractivity contribution >= 4 is 5.57 Å². The van der Waals surface area contributed by atoms with Gasteiger partial charge >= 0.3 is 0 Å². The van der Waals surface area contributed by atoms with Crippen LogP contribution in [-0.4, -0.2) is 15.7 Å². The average Bonchev–Trinajstić information content (AvgIpc) is 3.14. The third-order valence-electron chi connectivity index (χ3n) is 6.36. The summed E-state index contributed by atoms with van der Waals surface area (Å²) in [7, 11) is 0. The number of ether oxygens (including phenoxy) is 1. The van der Waals surface area contributed by atoms with E-state index in [1.165, 1.54) is 16.7 Å². The summed E-state index contributed by atoms with van der Waals surface area (Å²) in [5, 5.41) is 9.52. The summed E-state index contributed by atoms with van der Waals surface area (Å²) in [6.45, 7) is 2.35. The number of rotatable bonds is 1. The van der Waals surface area contributed by atoms with Gasteiger partial charge in [0.25, 0.3) is 0 Å². The van der Waals surface area contributed by atoms with Crippen molar-refractivity contribution in [3.8, 4) is 11.5 Å². The molecule has 2 atom stereocenters. The maximum absolute atomic E-state index is 9.52. The molecule has 5 rings (SSSR count). The van der Waals surface area contributed by atoms with Crippen LogP contribution in [0.5, 0.6) is 11.5 Å².